The van der Waals surface area contributed by atoms with Gasteiger partial charge in [0.15, 0.2) is 0 Å². The maximum absolute atomic E-state index is 4.37. The van der Waals surface area contributed by atoms with Gasteiger partial charge in [0.25, 0.3) is 0 Å². The van der Waals surface area contributed by atoms with Gasteiger partial charge in [-0.25, -0.2) is 4.37 Å². The van der Waals surface area contributed by atoms with Crippen molar-refractivity contribution in [2.75, 3.05) is 7.05 Å². The molecular formula is C14H16N2S. The lowest BCUT2D eigenvalue weighted by molar-refractivity contribution is 0.373. The lowest BCUT2D eigenvalue weighted by Crippen LogP contribution is -2.43. The zero-order valence-electron chi connectivity index (χ0n) is 9.94. The SMILES string of the molecule is CNC1(c2ccccc2)CCCc2sncc21. The predicted molar refractivity (Wildman–Crippen MR) is 71.3 cm³/mol. The Bertz CT molecular complexity index is 506. The Morgan fingerprint density at radius 3 is 2.88 bits per heavy atom. The molecule has 1 aromatic carbocycles. The molecule has 0 amide bonds. The number of hydrogen-bond acceptors (Lipinski definition) is 3. The molecule has 88 valence electrons. The first kappa shape index (κ1) is 10.9. The summed E-state index contributed by atoms with van der Waals surface area (Å²) in [5, 5.41) is 3.54. The number of rotatable bonds is 2. The molecule has 0 spiro atoms. The van der Waals surface area contributed by atoms with Gasteiger partial charge >= 0.3 is 0 Å². The van der Waals surface area contributed by atoms with Gasteiger partial charge in [-0.3, -0.25) is 0 Å². The largest absolute Gasteiger partial charge is 0.307 e. The molecule has 1 aliphatic rings. The van der Waals surface area contributed by atoms with Crippen LogP contribution in [-0.4, -0.2) is 11.4 Å². The van der Waals surface area contributed by atoms with Gasteiger partial charge in [-0.15, -0.1) is 0 Å². The van der Waals surface area contributed by atoms with E-state index in [1.54, 1.807) is 11.5 Å². The second-order valence-corrected chi connectivity index (χ2v) is 5.42. The molecule has 0 aliphatic heterocycles. The van der Waals surface area contributed by atoms with E-state index >= 15 is 0 Å². The van der Waals surface area contributed by atoms with E-state index in [9.17, 15) is 0 Å². The normalized spacial score (nSPS) is 23.4. The highest BCUT2D eigenvalue weighted by Gasteiger charge is 2.37. The van der Waals surface area contributed by atoms with E-state index in [2.05, 4.69) is 47.1 Å². The van der Waals surface area contributed by atoms with Crippen LogP contribution in [0.4, 0.5) is 0 Å². The molecule has 1 aromatic heterocycles. The van der Waals surface area contributed by atoms with E-state index in [4.69, 9.17) is 0 Å². The van der Waals surface area contributed by atoms with Crippen LogP contribution in [0.2, 0.25) is 0 Å². The Kier molecular flexibility index (Phi) is 2.73. The summed E-state index contributed by atoms with van der Waals surface area (Å²) < 4.78 is 4.37. The van der Waals surface area contributed by atoms with Crippen LogP contribution < -0.4 is 5.32 Å². The average Bonchev–Trinajstić information content (AvgIpc) is 2.88. The van der Waals surface area contributed by atoms with Crippen molar-refractivity contribution in [2.24, 2.45) is 0 Å². The lowest BCUT2D eigenvalue weighted by atomic mass is 9.76. The highest BCUT2D eigenvalue weighted by Crippen LogP contribution is 2.41. The fourth-order valence-corrected chi connectivity index (χ4v) is 3.71. The Morgan fingerprint density at radius 1 is 1.29 bits per heavy atom. The van der Waals surface area contributed by atoms with Crippen molar-refractivity contribution in [1.29, 1.82) is 0 Å². The van der Waals surface area contributed by atoms with Crippen LogP contribution >= 0.6 is 11.5 Å². The standard InChI is InChI=1S/C14H16N2S/c1-15-14(11-6-3-2-4-7-11)9-5-8-13-12(14)10-16-17-13/h2-4,6-7,10,15H,5,8-9H2,1H3. The minimum absolute atomic E-state index is 0.0259. The van der Waals surface area contributed by atoms with Crippen molar-refractivity contribution in [3.05, 3.63) is 52.5 Å². The third kappa shape index (κ3) is 1.61. The fraction of sp³-hybridized carbons (Fsp3) is 0.357. The zero-order valence-corrected chi connectivity index (χ0v) is 10.8. The Hall–Kier alpha value is -1.19. The summed E-state index contributed by atoms with van der Waals surface area (Å²) in [6, 6.07) is 10.7. The summed E-state index contributed by atoms with van der Waals surface area (Å²) in [6.07, 6.45) is 5.60. The summed E-state index contributed by atoms with van der Waals surface area (Å²) in [5.41, 5.74) is 2.70. The minimum atomic E-state index is -0.0259. The maximum Gasteiger partial charge on any atom is 0.0715 e. The molecule has 0 saturated carbocycles. The van der Waals surface area contributed by atoms with Crippen molar-refractivity contribution < 1.29 is 0 Å². The average molecular weight is 244 g/mol. The summed E-state index contributed by atoms with van der Waals surface area (Å²) in [4.78, 5) is 1.44. The molecule has 1 heterocycles. The Balaban J connectivity index is 2.17. The number of benzene rings is 1. The first-order chi connectivity index (χ1) is 8.37. The fourth-order valence-electron chi connectivity index (χ4n) is 2.87. The third-order valence-corrected chi connectivity index (χ3v) is 4.61. The highest BCUT2D eigenvalue weighted by atomic mass is 32.1. The van der Waals surface area contributed by atoms with E-state index in [0.29, 0.717) is 0 Å². The van der Waals surface area contributed by atoms with E-state index in [0.717, 1.165) is 6.42 Å². The summed E-state index contributed by atoms with van der Waals surface area (Å²) in [7, 11) is 2.06. The molecule has 1 unspecified atom stereocenters. The van der Waals surface area contributed by atoms with Crippen LogP contribution in [-0.2, 0) is 12.0 Å². The number of nitrogens with one attached hydrogen (secondary N) is 1. The van der Waals surface area contributed by atoms with E-state index < -0.39 is 0 Å². The zero-order chi connectivity index (χ0) is 11.7. The van der Waals surface area contributed by atoms with E-state index in [1.807, 2.05) is 6.20 Å². The molecule has 3 rings (SSSR count). The van der Waals surface area contributed by atoms with Gasteiger partial charge in [0.2, 0.25) is 0 Å². The molecule has 0 saturated heterocycles. The van der Waals surface area contributed by atoms with Gasteiger partial charge in [-0.05, 0) is 43.4 Å². The van der Waals surface area contributed by atoms with Gasteiger partial charge in [-0.1, -0.05) is 30.3 Å². The number of nitrogens with zero attached hydrogens (tertiary/aromatic N) is 1. The van der Waals surface area contributed by atoms with Crippen LogP contribution in [0.5, 0.6) is 0 Å². The van der Waals surface area contributed by atoms with Crippen molar-refractivity contribution in [3.8, 4) is 0 Å². The quantitative estimate of drug-likeness (QED) is 0.878. The molecule has 2 aromatic rings. The van der Waals surface area contributed by atoms with Gasteiger partial charge in [0, 0.05) is 16.6 Å². The number of aromatic nitrogens is 1. The molecule has 0 fully saturated rings. The number of fused-ring (bicyclic) bond motifs is 1. The Morgan fingerprint density at radius 2 is 2.12 bits per heavy atom. The minimum Gasteiger partial charge on any atom is -0.307 e. The van der Waals surface area contributed by atoms with Gasteiger partial charge in [-0.2, -0.15) is 0 Å². The van der Waals surface area contributed by atoms with E-state index in [-0.39, 0.29) is 5.54 Å². The molecular weight excluding hydrogens is 228 g/mol. The van der Waals surface area contributed by atoms with Crippen LogP contribution in [0, 0.1) is 0 Å². The second kappa shape index (κ2) is 4.24. The van der Waals surface area contributed by atoms with Crippen LogP contribution in [0.25, 0.3) is 0 Å². The second-order valence-electron chi connectivity index (χ2n) is 4.54. The Labute approximate surface area is 106 Å². The third-order valence-electron chi connectivity index (χ3n) is 3.75. The summed E-state index contributed by atoms with van der Waals surface area (Å²) in [6.45, 7) is 0. The van der Waals surface area contributed by atoms with Crippen LogP contribution in [0.15, 0.2) is 36.5 Å². The number of aryl methyl sites for hydroxylation is 1. The van der Waals surface area contributed by atoms with Crippen molar-refractivity contribution >= 4 is 11.5 Å². The highest BCUT2D eigenvalue weighted by molar-refractivity contribution is 7.05. The summed E-state index contributed by atoms with van der Waals surface area (Å²) >= 11 is 1.65. The van der Waals surface area contributed by atoms with Crippen molar-refractivity contribution in [1.82, 2.24) is 9.69 Å². The van der Waals surface area contributed by atoms with Gasteiger partial charge < -0.3 is 5.32 Å². The van der Waals surface area contributed by atoms with Crippen LogP contribution in [0.3, 0.4) is 0 Å². The van der Waals surface area contributed by atoms with Crippen molar-refractivity contribution in [3.63, 3.8) is 0 Å². The van der Waals surface area contributed by atoms with Gasteiger partial charge in [0.1, 0.15) is 0 Å². The molecule has 0 radical (unpaired) electrons. The monoisotopic (exact) mass is 244 g/mol. The topological polar surface area (TPSA) is 24.9 Å². The molecule has 1 atom stereocenters. The smallest absolute Gasteiger partial charge is 0.0715 e. The lowest BCUT2D eigenvalue weighted by Gasteiger charge is -2.37. The van der Waals surface area contributed by atoms with Crippen LogP contribution in [0.1, 0.15) is 28.8 Å². The molecule has 3 heteroatoms. The molecule has 1 aliphatic carbocycles. The molecule has 2 nitrogen and oxygen atoms in total. The first-order valence-electron chi connectivity index (χ1n) is 6.05. The number of hydrogen-bond donors (Lipinski definition) is 1. The van der Waals surface area contributed by atoms with Gasteiger partial charge in [0.05, 0.1) is 5.54 Å². The predicted octanol–water partition coefficient (Wildman–Crippen LogP) is 2.94. The first-order valence-corrected chi connectivity index (χ1v) is 6.82. The summed E-state index contributed by atoms with van der Waals surface area (Å²) in [5.74, 6) is 0. The molecule has 17 heavy (non-hydrogen) atoms. The molecule has 0 bridgehead atoms. The maximum atomic E-state index is 4.37. The molecule has 1 N–H and O–H groups in total. The van der Waals surface area contributed by atoms with Crippen molar-refractivity contribution in [2.45, 2.75) is 24.8 Å². The van der Waals surface area contributed by atoms with E-state index in [1.165, 1.54) is 28.8 Å².